The topological polar surface area (TPSA) is 69.5 Å². The molecule has 0 saturated heterocycles. The van der Waals surface area contributed by atoms with Crippen molar-refractivity contribution in [3.8, 4) is 6.07 Å². The molecule has 0 spiro atoms. The van der Waals surface area contributed by atoms with E-state index in [9.17, 15) is 10.1 Å². The van der Waals surface area contributed by atoms with E-state index < -0.39 is 5.92 Å². The molecule has 2 heterocycles. The van der Waals surface area contributed by atoms with Crippen LogP contribution in [0.2, 0.25) is 0 Å². The Balaban J connectivity index is 1.68. The molecular weight excluding hydrogens is 318 g/mol. The molecule has 1 atom stereocenters. The number of aromatic nitrogens is 2. The molecule has 0 aliphatic heterocycles. The molecule has 4 nitrogen and oxygen atoms in total. The molecule has 0 amide bonds. The summed E-state index contributed by atoms with van der Waals surface area (Å²) in [6.45, 7) is 0. The Hall–Kier alpha value is -2.45. The van der Waals surface area contributed by atoms with Crippen LogP contribution in [0.5, 0.6) is 0 Å². The number of H-pyrrole nitrogens is 1. The Kier molecular flexibility index (Phi) is 3.91. The Labute approximate surface area is 144 Å². The zero-order chi connectivity index (χ0) is 16.5. The van der Waals surface area contributed by atoms with Gasteiger partial charge in [0.15, 0.2) is 11.7 Å². The summed E-state index contributed by atoms with van der Waals surface area (Å²) < 4.78 is 0. The molecule has 2 aromatic heterocycles. The molecule has 0 fully saturated rings. The predicted octanol–water partition coefficient (Wildman–Crippen LogP) is 4.38. The van der Waals surface area contributed by atoms with Crippen molar-refractivity contribution in [1.29, 1.82) is 5.26 Å². The van der Waals surface area contributed by atoms with Crippen LogP contribution in [0.25, 0.3) is 11.0 Å². The zero-order valence-corrected chi connectivity index (χ0v) is 14.0. The first-order valence-corrected chi connectivity index (χ1v) is 9.08. The van der Waals surface area contributed by atoms with Gasteiger partial charge in [-0.1, -0.05) is 18.6 Å². The summed E-state index contributed by atoms with van der Waals surface area (Å²) in [5.74, 6) is -0.582. The molecule has 5 heteroatoms. The molecule has 3 aromatic rings. The van der Waals surface area contributed by atoms with Crippen LogP contribution in [-0.4, -0.2) is 15.8 Å². The van der Waals surface area contributed by atoms with Gasteiger partial charge in [0.05, 0.1) is 22.0 Å². The lowest BCUT2D eigenvalue weighted by Gasteiger charge is -2.03. The minimum atomic E-state index is -0.875. The SMILES string of the molecule is N#CC(C(=O)c1cc2c(s1)CCCCC2)c1nc2ccccc2[nH]1. The normalized spacial score (nSPS) is 15.5. The Morgan fingerprint density at radius 1 is 1.25 bits per heavy atom. The standard InChI is InChI=1S/C19H17N3OS/c20-11-13(19-21-14-7-4-5-8-15(14)22-19)18(23)17-10-12-6-2-1-3-9-16(12)24-17/h4-5,7-8,10,13H,1-3,6,9H2,(H,21,22). The molecule has 120 valence electrons. The van der Waals surface area contributed by atoms with E-state index in [1.54, 1.807) is 11.3 Å². The average molecular weight is 335 g/mol. The second-order valence-electron chi connectivity index (χ2n) is 6.19. The molecule has 24 heavy (non-hydrogen) atoms. The Morgan fingerprint density at radius 2 is 2.08 bits per heavy atom. The van der Waals surface area contributed by atoms with Crippen molar-refractivity contribution in [2.24, 2.45) is 0 Å². The molecule has 0 radical (unpaired) electrons. The van der Waals surface area contributed by atoms with E-state index in [0.29, 0.717) is 10.7 Å². The van der Waals surface area contributed by atoms with E-state index in [1.165, 1.54) is 29.7 Å². The van der Waals surface area contributed by atoms with Crippen LogP contribution in [0.3, 0.4) is 0 Å². The number of fused-ring (bicyclic) bond motifs is 2. The Bertz CT molecular complexity index is 891. The van der Waals surface area contributed by atoms with Crippen molar-refractivity contribution in [3.63, 3.8) is 0 Å². The number of imidazole rings is 1. The summed E-state index contributed by atoms with van der Waals surface area (Å²) >= 11 is 1.56. The third-order valence-corrected chi connectivity index (χ3v) is 5.81. The van der Waals surface area contributed by atoms with Gasteiger partial charge in [-0.25, -0.2) is 4.98 Å². The van der Waals surface area contributed by atoms with Crippen molar-refractivity contribution < 1.29 is 4.79 Å². The maximum absolute atomic E-state index is 12.9. The fourth-order valence-electron chi connectivity index (χ4n) is 3.28. The Morgan fingerprint density at radius 3 is 2.92 bits per heavy atom. The molecule has 0 saturated carbocycles. The van der Waals surface area contributed by atoms with Crippen LogP contribution >= 0.6 is 11.3 Å². The first kappa shape index (κ1) is 15.1. The largest absolute Gasteiger partial charge is 0.340 e. The maximum atomic E-state index is 12.9. The van der Waals surface area contributed by atoms with Gasteiger partial charge in [-0.2, -0.15) is 5.26 Å². The minimum Gasteiger partial charge on any atom is -0.340 e. The van der Waals surface area contributed by atoms with Crippen LogP contribution < -0.4 is 0 Å². The number of rotatable bonds is 3. The molecule has 1 aromatic carbocycles. The second-order valence-corrected chi connectivity index (χ2v) is 7.32. The van der Waals surface area contributed by atoms with Crippen LogP contribution in [0.1, 0.15) is 51.1 Å². The van der Waals surface area contributed by atoms with Crippen molar-refractivity contribution >= 4 is 28.2 Å². The van der Waals surface area contributed by atoms with E-state index in [-0.39, 0.29) is 5.78 Å². The smallest absolute Gasteiger partial charge is 0.197 e. The van der Waals surface area contributed by atoms with Crippen molar-refractivity contribution in [1.82, 2.24) is 9.97 Å². The third kappa shape index (κ3) is 2.63. The fraction of sp³-hybridized carbons (Fsp3) is 0.316. The number of nitrogens with one attached hydrogen (secondary N) is 1. The summed E-state index contributed by atoms with van der Waals surface area (Å²) in [5.41, 5.74) is 2.92. The van der Waals surface area contributed by atoms with E-state index in [4.69, 9.17) is 0 Å². The van der Waals surface area contributed by atoms with Crippen molar-refractivity contribution in [2.45, 2.75) is 38.0 Å². The highest BCUT2D eigenvalue weighted by atomic mass is 32.1. The van der Waals surface area contributed by atoms with Crippen LogP contribution in [0.15, 0.2) is 30.3 Å². The van der Waals surface area contributed by atoms with Crippen LogP contribution in [0, 0.1) is 11.3 Å². The highest BCUT2D eigenvalue weighted by Crippen LogP contribution is 2.32. The van der Waals surface area contributed by atoms with Crippen LogP contribution in [-0.2, 0) is 12.8 Å². The minimum absolute atomic E-state index is 0.144. The number of aryl methyl sites for hydroxylation is 2. The average Bonchev–Trinajstić information content (AvgIpc) is 3.13. The number of benzene rings is 1. The van der Waals surface area contributed by atoms with Gasteiger partial charge in [0, 0.05) is 4.88 Å². The molecule has 4 rings (SSSR count). The van der Waals surface area contributed by atoms with E-state index in [1.807, 2.05) is 30.3 Å². The molecule has 1 unspecified atom stereocenters. The lowest BCUT2D eigenvalue weighted by molar-refractivity contribution is 0.0980. The first-order chi connectivity index (χ1) is 11.8. The second kappa shape index (κ2) is 6.21. The molecule has 1 aliphatic carbocycles. The van der Waals surface area contributed by atoms with E-state index in [2.05, 4.69) is 16.0 Å². The maximum Gasteiger partial charge on any atom is 0.197 e. The molecule has 0 bridgehead atoms. The summed E-state index contributed by atoms with van der Waals surface area (Å²) in [5, 5.41) is 9.56. The number of Topliss-reactive ketones (excluding diaryl/α,β-unsaturated/α-hetero) is 1. The summed E-state index contributed by atoms with van der Waals surface area (Å²) in [6.07, 6.45) is 5.72. The van der Waals surface area contributed by atoms with Gasteiger partial charge in [0.25, 0.3) is 0 Å². The summed E-state index contributed by atoms with van der Waals surface area (Å²) in [6, 6.07) is 11.7. The van der Waals surface area contributed by atoms with Gasteiger partial charge < -0.3 is 4.98 Å². The monoisotopic (exact) mass is 335 g/mol. The summed E-state index contributed by atoms with van der Waals surface area (Å²) in [7, 11) is 0. The fourth-order valence-corrected chi connectivity index (χ4v) is 4.51. The molecule has 1 aliphatic rings. The van der Waals surface area contributed by atoms with E-state index >= 15 is 0 Å². The third-order valence-electron chi connectivity index (χ3n) is 4.56. The lowest BCUT2D eigenvalue weighted by atomic mass is 10.0. The number of carbonyl (C=O) groups is 1. The number of ketones is 1. The highest BCUT2D eigenvalue weighted by molar-refractivity contribution is 7.14. The number of thiophene rings is 1. The van der Waals surface area contributed by atoms with Gasteiger partial charge in [-0.3, -0.25) is 4.79 Å². The number of para-hydroxylation sites is 2. The van der Waals surface area contributed by atoms with E-state index in [0.717, 1.165) is 23.9 Å². The quantitative estimate of drug-likeness (QED) is 0.570. The van der Waals surface area contributed by atoms with Crippen molar-refractivity contribution in [3.05, 3.63) is 51.5 Å². The number of nitriles is 1. The number of aromatic amines is 1. The van der Waals surface area contributed by atoms with Crippen LogP contribution in [0.4, 0.5) is 0 Å². The highest BCUT2D eigenvalue weighted by Gasteiger charge is 2.27. The summed E-state index contributed by atoms with van der Waals surface area (Å²) in [4.78, 5) is 22.4. The van der Waals surface area contributed by atoms with Crippen molar-refractivity contribution in [2.75, 3.05) is 0 Å². The first-order valence-electron chi connectivity index (χ1n) is 8.26. The van der Waals surface area contributed by atoms with Gasteiger partial charge in [0.1, 0.15) is 5.82 Å². The lowest BCUT2D eigenvalue weighted by Crippen LogP contribution is -2.11. The number of hydrogen-bond donors (Lipinski definition) is 1. The predicted molar refractivity (Wildman–Crippen MR) is 94.4 cm³/mol. The number of nitrogens with zero attached hydrogens (tertiary/aromatic N) is 2. The van der Waals surface area contributed by atoms with Gasteiger partial charge in [-0.15, -0.1) is 11.3 Å². The van der Waals surface area contributed by atoms with Gasteiger partial charge in [-0.05, 0) is 49.4 Å². The van der Waals surface area contributed by atoms with Gasteiger partial charge >= 0.3 is 0 Å². The molecular formula is C19H17N3OS. The molecule has 1 N–H and O–H groups in total. The number of hydrogen-bond acceptors (Lipinski definition) is 4. The van der Waals surface area contributed by atoms with Gasteiger partial charge in [0.2, 0.25) is 0 Å². The zero-order valence-electron chi connectivity index (χ0n) is 13.2. The number of carbonyl (C=O) groups excluding carboxylic acids is 1.